The molecule has 1 unspecified atom stereocenters. The van der Waals surface area contributed by atoms with Crippen molar-refractivity contribution in [2.75, 3.05) is 6.54 Å². The van der Waals surface area contributed by atoms with E-state index in [-0.39, 0.29) is 11.8 Å². The summed E-state index contributed by atoms with van der Waals surface area (Å²) in [5, 5.41) is 6.92. The summed E-state index contributed by atoms with van der Waals surface area (Å²) in [6.07, 6.45) is 0.572. The summed E-state index contributed by atoms with van der Waals surface area (Å²) in [5.41, 5.74) is 0.680. The number of alkyl halides is 2. The second-order valence-corrected chi connectivity index (χ2v) is 4.58. The first-order valence-corrected chi connectivity index (χ1v) is 6.62. The van der Waals surface area contributed by atoms with Gasteiger partial charge in [0.2, 0.25) is 5.89 Å². The zero-order chi connectivity index (χ0) is 15.2. The highest BCUT2D eigenvalue weighted by Gasteiger charge is 2.14. The molecule has 1 atom stereocenters. The van der Waals surface area contributed by atoms with Crippen LogP contribution < -0.4 is 10.1 Å². The Morgan fingerprint density at radius 2 is 2.10 bits per heavy atom. The van der Waals surface area contributed by atoms with Gasteiger partial charge in [0.05, 0.1) is 0 Å². The largest absolute Gasteiger partial charge is 0.434 e. The van der Waals surface area contributed by atoms with Crippen molar-refractivity contribution in [3.05, 3.63) is 41.5 Å². The van der Waals surface area contributed by atoms with Gasteiger partial charge in [-0.25, -0.2) is 0 Å². The Hall–Kier alpha value is -2.02. The molecule has 2 aromatic rings. The fourth-order valence-electron chi connectivity index (χ4n) is 1.99. The van der Waals surface area contributed by atoms with Crippen molar-refractivity contribution in [3.63, 3.8) is 0 Å². The zero-order valence-corrected chi connectivity index (χ0v) is 11.8. The fraction of sp³-hybridized carbons (Fsp3) is 0.429. The van der Waals surface area contributed by atoms with E-state index in [1.54, 1.807) is 25.1 Å². The zero-order valence-electron chi connectivity index (χ0n) is 11.8. The quantitative estimate of drug-likeness (QED) is 0.851. The number of hydrogen-bond donors (Lipinski definition) is 1. The van der Waals surface area contributed by atoms with E-state index in [9.17, 15) is 8.78 Å². The van der Waals surface area contributed by atoms with Gasteiger partial charge in [-0.2, -0.15) is 13.8 Å². The Labute approximate surface area is 121 Å². The molecule has 7 heteroatoms. The summed E-state index contributed by atoms with van der Waals surface area (Å²) >= 11 is 0. The number of ether oxygens (including phenoxy) is 1. The van der Waals surface area contributed by atoms with Crippen LogP contribution in [0.4, 0.5) is 8.78 Å². The maximum absolute atomic E-state index is 12.4. The van der Waals surface area contributed by atoms with Crippen molar-refractivity contribution >= 4 is 0 Å². The van der Waals surface area contributed by atoms with Gasteiger partial charge in [-0.15, -0.1) is 0 Å². The standard InChI is InChI=1S/C14H17F2N3O2/c1-9(17-8-7-13-18-10(2)19-21-13)11-5-3-4-6-12(11)20-14(15)16/h3-6,9,14,17H,7-8H2,1-2H3. The van der Waals surface area contributed by atoms with Crippen LogP contribution in [0.15, 0.2) is 28.8 Å². The third kappa shape index (κ3) is 4.49. The minimum Gasteiger partial charge on any atom is -0.434 e. The van der Waals surface area contributed by atoms with Crippen LogP contribution in [0.1, 0.15) is 30.2 Å². The Bertz CT molecular complexity index is 575. The van der Waals surface area contributed by atoms with Gasteiger partial charge in [-0.1, -0.05) is 23.4 Å². The molecule has 21 heavy (non-hydrogen) atoms. The monoisotopic (exact) mass is 297 g/mol. The van der Waals surface area contributed by atoms with E-state index >= 15 is 0 Å². The van der Waals surface area contributed by atoms with E-state index < -0.39 is 6.61 Å². The van der Waals surface area contributed by atoms with Crippen LogP contribution in [0.25, 0.3) is 0 Å². The molecule has 0 bridgehead atoms. The highest BCUT2D eigenvalue weighted by atomic mass is 19.3. The smallest absolute Gasteiger partial charge is 0.387 e. The average molecular weight is 297 g/mol. The first-order valence-electron chi connectivity index (χ1n) is 6.62. The molecule has 5 nitrogen and oxygen atoms in total. The molecule has 1 aromatic carbocycles. The second kappa shape index (κ2) is 7.12. The van der Waals surface area contributed by atoms with E-state index in [1.165, 1.54) is 6.07 Å². The summed E-state index contributed by atoms with van der Waals surface area (Å²) in [6.45, 7) is 1.39. The summed E-state index contributed by atoms with van der Waals surface area (Å²) in [5.74, 6) is 1.32. The van der Waals surface area contributed by atoms with Crippen LogP contribution in [0.3, 0.4) is 0 Å². The van der Waals surface area contributed by atoms with Gasteiger partial charge in [0, 0.05) is 24.6 Å². The number of aromatic nitrogens is 2. The van der Waals surface area contributed by atoms with Crippen LogP contribution in [0.2, 0.25) is 0 Å². The summed E-state index contributed by atoms with van der Waals surface area (Å²) in [7, 11) is 0. The van der Waals surface area contributed by atoms with Gasteiger partial charge in [-0.3, -0.25) is 0 Å². The van der Waals surface area contributed by atoms with Crippen molar-refractivity contribution in [2.24, 2.45) is 0 Å². The average Bonchev–Trinajstić information content (AvgIpc) is 2.84. The van der Waals surface area contributed by atoms with Gasteiger partial charge in [-0.05, 0) is 19.9 Å². The molecule has 0 saturated carbocycles. The van der Waals surface area contributed by atoms with Gasteiger partial charge >= 0.3 is 6.61 Å². The van der Waals surface area contributed by atoms with Crippen LogP contribution in [0.5, 0.6) is 5.75 Å². The molecular formula is C14H17F2N3O2. The molecular weight excluding hydrogens is 280 g/mol. The van der Waals surface area contributed by atoms with E-state index in [4.69, 9.17) is 4.52 Å². The predicted molar refractivity (Wildman–Crippen MR) is 72.2 cm³/mol. The topological polar surface area (TPSA) is 60.2 Å². The lowest BCUT2D eigenvalue weighted by atomic mass is 10.1. The van der Waals surface area contributed by atoms with Crippen LogP contribution in [0, 0.1) is 6.92 Å². The van der Waals surface area contributed by atoms with Crippen LogP contribution >= 0.6 is 0 Å². The number of hydrogen-bond acceptors (Lipinski definition) is 5. The molecule has 1 aromatic heterocycles. The number of nitrogens with zero attached hydrogens (tertiary/aromatic N) is 2. The Balaban J connectivity index is 1.92. The lowest BCUT2D eigenvalue weighted by molar-refractivity contribution is -0.0506. The summed E-state index contributed by atoms with van der Waals surface area (Å²) in [4.78, 5) is 4.10. The van der Waals surface area contributed by atoms with Crippen molar-refractivity contribution in [1.82, 2.24) is 15.5 Å². The van der Waals surface area contributed by atoms with E-state index in [2.05, 4.69) is 20.2 Å². The summed E-state index contributed by atoms with van der Waals surface area (Å²) < 4.78 is 34.3. The molecule has 114 valence electrons. The third-order valence-corrected chi connectivity index (χ3v) is 2.96. The van der Waals surface area contributed by atoms with Gasteiger partial charge in [0.15, 0.2) is 5.82 Å². The predicted octanol–water partition coefficient (Wildman–Crippen LogP) is 2.87. The number of aryl methyl sites for hydroxylation is 1. The molecule has 1 heterocycles. The number of benzene rings is 1. The van der Waals surface area contributed by atoms with Crippen molar-refractivity contribution < 1.29 is 18.0 Å². The lowest BCUT2D eigenvalue weighted by Crippen LogP contribution is -2.22. The van der Waals surface area contributed by atoms with E-state index in [0.29, 0.717) is 30.2 Å². The number of para-hydroxylation sites is 1. The molecule has 0 aliphatic heterocycles. The number of halogens is 2. The van der Waals surface area contributed by atoms with Crippen molar-refractivity contribution in [3.8, 4) is 5.75 Å². The Morgan fingerprint density at radius 1 is 1.33 bits per heavy atom. The van der Waals surface area contributed by atoms with E-state index in [1.807, 2.05) is 6.92 Å². The Morgan fingerprint density at radius 3 is 2.76 bits per heavy atom. The molecule has 0 aliphatic carbocycles. The van der Waals surface area contributed by atoms with Crippen molar-refractivity contribution in [2.45, 2.75) is 32.9 Å². The molecule has 2 rings (SSSR count). The maximum Gasteiger partial charge on any atom is 0.387 e. The molecule has 0 fully saturated rings. The highest BCUT2D eigenvalue weighted by molar-refractivity contribution is 5.35. The molecule has 0 aliphatic rings. The molecule has 0 radical (unpaired) electrons. The SMILES string of the molecule is Cc1noc(CCNC(C)c2ccccc2OC(F)F)n1. The Kier molecular flexibility index (Phi) is 5.21. The normalized spacial score (nSPS) is 12.6. The highest BCUT2D eigenvalue weighted by Crippen LogP contribution is 2.26. The molecule has 0 amide bonds. The second-order valence-electron chi connectivity index (χ2n) is 4.58. The fourth-order valence-corrected chi connectivity index (χ4v) is 1.99. The number of nitrogens with one attached hydrogen (secondary N) is 1. The first-order chi connectivity index (χ1) is 10.1. The number of rotatable bonds is 7. The van der Waals surface area contributed by atoms with Gasteiger partial charge in [0.25, 0.3) is 0 Å². The molecule has 1 N–H and O–H groups in total. The maximum atomic E-state index is 12.4. The summed E-state index contributed by atoms with van der Waals surface area (Å²) in [6, 6.07) is 6.60. The van der Waals surface area contributed by atoms with Gasteiger partial charge in [0.1, 0.15) is 5.75 Å². The third-order valence-electron chi connectivity index (χ3n) is 2.96. The van der Waals surface area contributed by atoms with Crippen LogP contribution in [-0.2, 0) is 6.42 Å². The first kappa shape index (κ1) is 15.4. The minimum atomic E-state index is -2.83. The van der Waals surface area contributed by atoms with Crippen LogP contribution in [-0.4, -0.2) is 23.3 Å². The minimum absolute atomic E-state index is 0.135. The van der Waals surface area contributed by atoms with E-state index in [0.717, 1.165) is 0 Å². The van der Waals surface area contributed by atoms with Crippen molar-refractivity contribution in [1.29, 1.82) is 0 Å². The molecule has 0 spiro atoms. The van der Waals surface area contributed by atoms with Gasteiger partial charge < -0.3 is 14.6 Å². The lowest BCUT2D eigenvalue weighted by Gasteiger charge is -2.17. The molecule has 0 saturated heterocycles.